The van der Waals surface area contributed by atoms with Crippen LogP contribution in [0.3, 0.4) is 0 Å². The molecule has 3 N–H and O–H groups in total. The van der Waals surface area contributed by atoms with E-state index >= 15 is 0 Å². The van der Waals surface area contributed by atoms with Crippen molar-refractivity contribution in [3.8, 4) is 11.5 Å². The van der Waals surface area contributed by atoms with Gasteiger partial charge in [0.2, 0.25) is 0 Å². The molecular weight excluding hydrogens is 482 g/mol. The number of hydrogen-bond donors (Lipinski definition) is 3. The number of hydrogen-bond acceptors (Lipinski definition) is 4. The van der Waals surface area contributed by atoms with Crippen molar-refractivity contribution in [1.82, 2.24) is 0 Å². The van der Waals surface area contributed by atoms with Crippen LogP contribution in [0.15, 0.2) is 54.6 Å². The topological polar surface area (TPSA) is 94.8 Å². The normalized spacial score (nSPS) is 13.8. The van der Waals surface area contributed by atoms with Crippen molar-refractivity contribution >= 4 is 56.5 Å². The van der Waals surface area contributed by atoms with Gasteiger partial charge in [-0.1, -0.05) is 64.6 Å². The summed E-state index contributed by atoms with van der Waals surface area (Å²) in [7, 11) is -5.05. The Bertz CT molecular complexity index is 1200. The van der Waals surface area contributed by atoms with Gasteiger partial charge in [-0.3, -0.25) is 4.55 Å². The molecule has 0 saturated heterocycles. The molecule has 0 heterocycles. The molecule has 1 atom stereocenters. The molecular formula is C19H12Cl4O5S. The molecule has 0 radical (unpaired) electrons. The van der Waals surface area contributed by atoms with Crippen molar-refractivity contribution in [1.29, 1.82) is 0 Å². The second-order valence-electron chi connectivity index (χ2n) is 6.09. The van der Waals surface area contributed by atoms with Gasteiger partial charge in [-0.15, -0.1) is 0 Å². The highest BCUT2D eigenvalue weighted by Gasteiger charge is 2.51. The summed E-state index contributed by atoms with van der Waals surface area (Å²) in [4.78, 5) is 0. The monoisotopic (exact) mass is 492 g/mol. The summed E-state index contributed by atoms with van der Waals surface area (Å²) in [6.45, 7) is 0. The van der Waals surface area contributed by atoms with Crippen LogP contribution in [0.5, 0.6) is 11.5 Å². The van der Waals surface area contributed by atoms with E-state index in [4.69, 9.17) is 46.4 Å². The molecule has 0 aliphatic heterocycles. The third-order valence-corrected chi connectivity index (χ3v) is 7.48. The molecule has 0 aromatic heterocycles. The van der Waals surface area contributed by atoms with Gasteiger partial charge in [-0.25, -0.2) is 0 Å². The van der Waals surface area contributed by atoms with Crippen LogP contribution < -0.4 is 0 Å². The van der Waals surface area contributed by atoms with Crippen molar-refractivity contribution in [2.75, 3.05) is 0 Å². The number of rotatable bonds is 4. The number of aromatic hydroxyl groups is 2. The third kappa shape index (κ3) is 3.65. The van der Waals surface area contributed by atoms with Gasteiger partial charge in [-0.05, 0) is 42.0 Å². The average Bonchev–Trinajstić information content (AvgIpc) is 2.65. The predicted molar refractivity (Wildman–Crippen MR) is 114 cm³/mol. The van der Waals surface area contributed by atoms with E-state index in [1.807, 2.05) is 0 Å². The first-order valence-corrected chi connectivity index (χ1v) is 10.8. The van der Waals surface area contributed by atoms with Crippen LogP contribution >= 0.6 is 46.4 Å². The van der Waals surface area contributed by atoms with Crippen molar-refractivity contribution < 1.29 is 23.2 Å². The quantitative estimate of drug-likeness (QED) is 0.239. The minimum Gasteiger partial charge on any atom is -0.508 e. The van der Waals surface area contributed by atoms with Gasteiger partial charge in [0.05, 0.1) is 15.1 Å². The first kappa shape index (κ1) is 22.0. The lowest BCUT2D eigenvalue weighted by atomic mass is 9.83. The van der Waals surface area contributed by atoms with Gasteiger partial charge in [0.15, 0.2) is 4.75 Å². The highest BCUT2D eigenvalue weighted by molar-refractivity contribution is 7.87. The number of halogens is 4. The summed E-state index contributed by atoms with van der Waals surface area (Å²) in [5.74, 6) is -0.437. The SMILES string of the molecule is O=S(=O)(O)C(c1ccc(O)cc1)(c1cc(O)ccc1Cl)c1ccc(Cl)c(Cl)c1Cl. The Hall–Kier alpha value is -1.67. The van der Waals surface area contributed by atoms with Gasteiger partial charge in [0.1, 0.15) is 11.5 Å². The van der Waals surface area contributed by atoms with Crippen LogP contribution in [0, 0.1) is 0 Å². The second-order valence-corrected chi connectivity index (χ2v) is 9.22. The number of phenols is 2. The minimum atomic E-state index is -5.05. The zero-order chi connectivity index (χ0) is 21.6. The van der Waals surface area contributed by atoms with Crippen molar-refractivity contribution in [2.24, 2.45) is 0 Å². The molecule has 0 spiro atoms. The average molecular weight is 494 g/mol. The molecule has 152 valence electrons. The fourth-order valence-electron chi connectivity index (χ4n) is 3.16. The largest absolute Gasteiger partial charge is 0.508 e. The Labute approximate surface area is 186 Å². The van der Waals surface area contributed by atoms with Gasteiger partial charge in [-0.2, -0.15) is 8.42 Å². The lowest BCUT2D eigenvalue weighted by Crippen LogP contribution is -2.39. The highest BCUT2D eigenvalue weighted by Crippen LogP contribution is 2.51. The summed E-state index contributed by atoms with van der Waals surface area (Å²) >= 11 is 24.8. The van der Waals surface area contributed by atoms with Gasteiger partial charge < -0.3 is 10.2 Å². The van der Waals surface area contributed by atoms with Gasteiger partial charge >= 0.3 is 0 Å². The van der Waals surface area contributed by atoms with Crippen LogP contribution in [0.1, 0.15) is 16.7 Å². The maximum atomic E-state index is 13.0. The fourth-order valence-corrected chi connectivity index (χ4v) is 5.54. The van der Waals surface area contributed by atoms with Crippen molar-refractivity contribution in [3.63, 3.8) is 0 Å². The first-order chi connectivity index (χ1) is 13.5. The van der Waals surface area contributed by atoms with Crippen LogP contribution in [0.2, 0.25) is 20.1 Å². The molecule has 3 rings (SSSR count). The summed E-state index contributed by atoms with van der Waals surface area (Å²) in [6, 6.07) is 11.3. The second kappa shape index (κ2) is 7.87. The Morgan fingerprint density at radius 1 is 0.690 bits per heavy atom. The Morgan fingerprint density at radius 2 is 1.24 bits per heavy atom. The summed E-state index contributed by atoms with van der Waals surface area (Å²) in [6.07, 6.45) is 0. The fraction of sp³-hybridized carbons (Fsp3) is 0.0526. The summed E-state index contributed by atoms with van der Waals surface area (Å²) in [5, 5.41) is 19.3. The predicted octanol–water partition coefficient (Wildman–Crippen LogP) is 5.89. The van der Waals surface area contributed by atoms with Crippen LogP contribution in [0.4, 0.5) is 0 Å². The maximum absolute atomic E-state index is 13.0. The van der Waals surface area contributed by atoms with E-state index in [-0.39, 0.29) is 48.3 Å². The van der Waals surface area contributed by atoms with Crippen LogP contribution in [0.25, 0.3) is 0 Å². The van der Waals surface area contributed by atoms with Crippen molar-refractivity contribution in [3.05, 3.63) is 91.4 Å². The molecule has 3 aromatic rings. The maximum Gasteiger partial charge on any atom is 0.283 e. The smallest absolute Gasteiger partial charge is 0.283 e. The summed E-state index contributed by atoms with van der Waals surface area (Å²) in [5.41, 5.74) is -0.326. The van der Waals surface area contributed by atoms with E-state index in [1.165, 1.54) is 48.5 Å². The molecule has 0 fully saturated rings. The van der Waals surface area contributed by atoms with E-state index in [0.29, 0.717) is 0 Å². The number of benzene rings is 3. The Balaban J connectivity index is 2.61. The van der Waals surface area contributed by atoms with E-state index in [2.05, 4.69) is 0 Å². The van der Waals surface area contributed by atoms with E-state index in [0.717, 1.165) is 6.07 Å². The lowest BCUT2D eigenvalue weighted by molar-refractivity contribution is 0.455. The molecule has 0 aliphatic carbocycles. The number of phenolic OH excluding ortho intramolecular Hbond substituents is 2. The Kier molecular flexibility index (Phi) is 5.98. The van der Waals surface area contributed by atoms with Crippen molar-refractivity contribution in [2.45, 2.75) is 4.75 Å². The zero-order valence-corrected chi connectivity index (χ0v) is 18.1. The third-order valence-electron chi connectivity index (χ3n) is 4.40. The van der Waals surface area contributed by atoms with Gasteiger partial charge in [0, 0.05) is 16.1 Å². The van der Waals surface area contributed by atoms with E-state index < -0.39 is 14.9 Å². The van der Waals surface area contributed by atoms with E-state index in [1.54, 1.807) is 0 Å². The highest BCUT2D eigenvalue weighted by atomic mass is 35.5. The zero-order valence-electron chi connectivity index (χ0n) is 14.3. The molecule has 5 nitrogen and oxygen atoms in total. The minimum absolute atomic E-state index is 0.00871. The molecule has 1 unspecified atom stereocenters. The standard InChI is InChI=1S/C19H12Cl4O5S/c20-15-7-5-12(25)9-14(15)19(29(26,27)28,10-1-3-11(24)4-2-10)13-6-8-16(21)18(23)17(13)22/h1-9,24-25H,(H,26,27,28). The molecule has 0 aliphatic rings. The summed E-state index contributed by atoms with van der Waals surface area (Å²) < 4.78 is 34.0. The first-order valence-electron chi connectivity index (χ1n) is 7.89. The Morgan fingerprint density at radius 3 is 1.83 bits per heavy atom. The molecule has 0 amide bonds. The molecule has 0 bridgehead atoms. The van der Waals surface area contributed by atoms with Gasteiger partial charge in [0.25, 0.3) is 10.1 Å². The molecule has 10 heteroatoms. The molecule has 0 saturated carbocycles. The molecule has 3 aromatic carbocycles. The van der Waals surface area contributed by atoms with E-state index in [9.17, 15) is 23.2 Å². The van der Waals surface area contributed by atoms with Crippen LogP contribution in [-0.2, 0) is 14.9 Å². The van der Waals surface area contributed by atoms with Crippen LogP contribution in [-0.4, -0.2) is 23.2 Å². The molecule has 29 heavy (non-hydrogen) atoms. The lowest BCUT2D eigenvalue weighted by Gasteiger charge is -2.34.